The third-order valence-electron chi connectivity index (χ3n) is 3.19. The van der Waals surface area contributed by atoms with Crippen molar-refractivity contribution >= 4 is 16.8 Å². The average Bonchev–Trinajstić information content (AvgIpc) is 2.47. The zero-order valence-corrected chi connectivity index (χ0v) is 10.8. The van der Waals surface area contributed by atoms with Gasteiger partial charge in [0.2, 0.25) is 0 Å². The molecule has 0 fully saturated rings. The number of pyridine rings is 2. The highest BCUT2D eigenvalue weighted by Gasteiger charge is 2.09. The molecule has 0 unspecified atom stereocenters. The van der Waals surface area contributed by atoms with Crippen LogP contribution in [-0.4, -0.2) is 15.9 Å². The molecule has 4 heteroatoms. The average molecular weight is 263 g/mol. The van der Waals surface area contributed by atoms with E-state index in [2.05, 4.69) is 16.0 Å². The van der Waals surface area contributed by atoms with Crippen LogP contribution in [0.4, 0.5) is 0 Å². The minimum atomic E-state index is -0.449. The number of hydrogen-bond donors (Lipinski definition) is 1. The molecule has 0 atom stereocenters. The Morgan fingerprint density at radius 1 is 1.05 bits per heavy atom. The van der Waals surface area contributed by atoms with Crippen molar-refractivity contribution in [1.29, 1.82) is 0 Å². The first-order valence-corrected chi connectivity index (χ1v) is 6.31. The Bertz CT molecular complexity index is 783. The lowest BCUT2D eigenvalue weighted by atomic mass is 10.0. The Morgan fingerprint density at radius 3 is 2.70 bits per heavy atom. The predicted molar refractivity (Wildman–Crippen MR) is 77.3 cm³/mol. The summed E-state index contributed by atoms with van der Waals surface area (Å²) in [7, 11) is 0. The van der Waals surface area contributed by atoms with E-state index in [-0.39, 0.29) is 0 Å². The molecule has 4 nitrogen and oxygen atoms in total. The van der Waals surface area contributed by atoms with E-state index in [0.717, 1.165) is 16.5 Å². The normalized spacial score (nSPS) is 10.6. The molecular weight excluding hydrogens is 250 g/mol. The van der Waals surface area contributed by atoms with Gasteiger partial charge in [-0.15, -0.1) is 0 Å². The van der Waals surface area contributed by atoms with Gasteiger partial charge in [0, 0.05) is 24.2 Å². The summed E-state index contributed by atoms with van der Waals surface area (Å²) in [6, 6.07) is 13.4. The third-order valence-corrected chi connectivity index (χ3v) is 3.19. The van der Waals surface area contributed by atoms with Gasteiger partial charge in [0.05, 0.1) is 16.8 Å². The summed E-state index contributed by atoms with van der Waals surface area (Å²) in [6.45, 7) is 0. The molecule has 0 aliphatic rings. The summed E-state index contributed by atoms with van der Waals surface area (Å²) in [6.07, 6.45) is 4.01. The van der Waals surface area contributed by atoms with Gasteiger partial charge in [-0.3, -0.25) is 14.8 Å². The molecular formula is C16H13N3O. The van der Waals surface area contributed by atoms with Crippen LogP contribution in [0.1, 0.15) is 21.6 Å². The number of carbonyl (C=O) groups excluding carboxylic acids is 1. The van der Waals surface area contributed by atoms with E-state index in [9.17, 15) is 4.79 Å². The van der Waals surface area contributed by atoms with E-state index >= 15 is 0 Å². The first-order chi connectivity index (χ1) is 9.74. The Kier molecular flexibility index (Phi) is 3.13. The SMILES string of the molecule is NC(=O)c1cccnc1Cc1ccc2ncccc2c1. The standard InChI is InChI=1S/C16H13N3O/c17-16(20)13-4-2-8-19-15(13)10-11-5-6-14-12(9-11)3-1-7-18-14/h1-9H,10H2,(H2,17,20). The van der Waals surface area contributed by atoms with Crippen LogP contribution in [0.25, 0.3) is 10.9 Å². The van der Waals surface area contributed by atoms with Gasteiger partial charge in [-0.25, -0.2) is 0 Å². The van der Waals surface area contributed by atoms with Crippen LogP contribution in [0.2, 0.25) is 0 Å². The molecule has 0 bridgehead atoms. The molecule has 1 aromatic carbocycles. The molecule has 0 saturated heterocycles. The minimum absolute atomic E-state index is 0.449. The van der Waals surface area contributed by atoms with E-state index in [4.69, 9.17) is 5.73 Å². The molecule has 3 rings (SSSR count). The molecule has 0 radical (unpaired) electrons. The molecule has 98 valence electrons. The molecule has 1 amide bonds. The highest BCUT2D eigenvalue weighted by Crippen LogP contribution is 2.17. The fraction of sp³-hybridized carbons (Fsp3) is 0.0625. The first-order valence-electron chi connectivity index (χ1n) is 6.31. The van der Waals surface area contributed by atoms with Gasteiger partial charge in [-0.05, 0) is 35.9 Å². The Hall–Kier alpha value is -2.75. The van der Waals surface area contributed by atoms with E-state index in [1.54, 1.807) is 24.5 Å². The number of primary amides is 1. The number of benzene rings is 1. The number of hydrogen-bond acceptors (Lipinski definition) is 3. The maximum absolute atomic E-state index is 11.4. The predicted octanol–water partition coefficient (Wildman–Crippen LogP) is 2.32. The largest absolute Gasteiger partial charge is 0.366 e. The second kappa shape index (κ2) is 5.09. The van der Waals surface area contributed by atoms with Crippen LogP contribution in [0.3, 0.4) is 0 Å². The number of amides is 1. The van der Waals surface area contributed by atoms with E-state index in [1.165, 1.54) is 0 Å². The number of carbonyl (C=O) groups is 1. The van der Waals surface area contributed by atoms with Crippen molar-refractivity contribution < 1.29 is 4.79 Å². The summed E-state index contributed by atoms with van der Waals surface area (Å²) in [4.78, 5) is 19.9. The zero-order valence-electron chi connectivity index (χ0n) is 10.8. The van der Waals surface area contributed by atoms with Gasteiger partial charge in [0.15, 0.2) is 0 Å². The second-order valence-electron chi connectivity index (χ2n) is 4.57. The molecule has 3 aromatic rings. The zero-order chi connectivity index (χ0) is 13.9. The molecule has 0 aliphatic carbocycles. The number of nitrogens with two attached hydrogens (primary N) is 1. The lowest BCUT2D eigenvalue weighted by Crippen LogP contribution is -2.14. The molecule has 2 heterocycles. The van der Waals surface area contributed by atoms with Crippen LogP contribution in [-0.2, 0) is 6.42 Å². The van der Waals surface area contributed by atoms with E-state index in [0.29, 0.717) is 17.7 Å². The first kappa shape index (κ1) is 12.3. The van der Waals surface area contributed by atoms with Crippen LogP contribution < -0.4 is 5.73 Å². The van der Waals surface area contributed by atoms with Crippen molar-refractivity contribution in [2.45, 2.75) is 6.42 Å². The van der Waals surface area contributed by atoms with E-state index in [1.807, 2.05) is 24.3 Å². The molecule has 0 saturated carbocycles. The van der Waals surface area contributed by atoms with Gasteiger partial charge in [0.25, 0.3) is 5.91 Å². The quantitative estimate of drug-likeness (QED) is 0.788. The third kappa shape index (κ3) is 2.36. The lowest BCUT2D eigenvalue weighted by molar-refractivity contribution is 0.0999. The molecule has 0 aliphatic heterocycles. The Labute approximate surface area is 116 Å². The smallest absolute Gasteiger partial charge is 0.250 e. The molecule has 2 N–H and O–H groups in total. The number of fused-ring (bicyclic) bond motifs is 1. The topological polar surface area (TPSA) is 68.9 Å². The summed E-state index contributed by atoms with van der Waals surface area (Å²) >= 11 is 0. The second-order valence-corrected chi connectivity index (χ2v) is 4.57. The fourth-order valence-electron chi connectivity index (χ4n) is 2.23. The Morgan fingerprint density at radius 2 is 1.85 bits per heavy atom. The van der Waals surface area contributed by atoms with Crippen molar-refractivity contribution in [2.24, 2.45) is 5.73 Å². The van der Waals surface area contributed by atoms with Crippen molar-refractivity contribution in [3.8, 4) is 0 Å². The maximum atomic E-state index is 11.4. The van der Waals surface area contributed by atoms with Crippen molar-refractivity contribution in [1.82, 2.24) is 9.97 Å². The van der Waals surface area contributed by atoms with Crippen LogP contribution in [0.5, 0.6) is 0 Å². The molecule has 2 aromatic heterocycles. The summed E-state index contributed by atoms with van der Waals surface area (Å²) in [5, 5.41) is 1.07. The highest BCUT2D eigenvalue weighted by molar-refractivity contribution is 5.94. The van der Waals surface area contributed by atoms with Gasteiger partial charge in [-0.2, -0.15) is 0 Å². The summed E-state index contributed by atoms with van der Waals surface area (Å²) < 4.78 is 0. The maximum Gasteiger partial charge on any atom is 0.250 e. The highest BCUT2D eigenvalue weighted by atomic mass is 16.1. The van der Waals surface area contributed by atoms with Crippen molar-refractivity contribution in [3.63, 3.8) is 0 Å². The van der Waals surface area contributed by atoms with E-state index < -0.39 is 5.91 Å². The molecule has 20 heavy (non-hydrogen) atoms. The summed E-state index contributed by atoms with van der Waals surface area (Å²) in [5.74, 6) is -0.449. The van der Waals surface area contributed by atoms with Crippen molar-refractivity contribution in [3.05, 3.63) is 71.7 Å². The van der Waals surface area contributed by atoms with Gasteiger partial charge < -0.3 is 5.73 Å². The van der Waals surface area contributed by atoms with Crippen LogP contribution in [0, 0.1) is 0 Å². The summed E-state index contributed by atoms with van der Waals surface area (Å²) in [5.41, 5.74) is 8.57. The van der Waals surface area contributed by atoms with Crippen LogP contribution >= 0.6 is 0 Å². The fourth-order valence-corrected chi connectivity index (χ4v) is 2.23. The Balaban J connectivity index is 1.99. The number of nitrogens with zero attached hydrogens (tertiary/aromatic N) is 2. The number of aromatic nitrogens is 2. The van der Waals surface area contributed by atoms with Gasteiger partial charge in [0.1, 0.15) is 0 Å². The van der Waals surface area contributed by atoms with Crippen LogP contribution in [0.15, 0.2) is 54.9 Å². The minimum Gasteiger partial charge on any atom is -0.366 e. The van der Waals surface area contributed by atoms with Gasteiger partial charge >= 0.3 is 0 Å². The van der Waals surface area contributed by atoms with Crippen molar-refractivity contribution in [2.75, 3.05) is 0 Å². The number of rotatable bonds is 3. The molecule has 0 spiro atoms. The lowest BCUT2D eigenvalue weighted by Gasteiger charge is -2.06. The monoisotopic (exact) mass is 263 g/mol. The van der Waals surface area contributed by atoms with Gasteiger partial charge in [-0.1, -0.05) is 12.1 Å².